The van der Waals surface area contributed by atoms with Crippen LogP contribution in [0.1, 0.15) is 93.5 Å². The lowest BCUT2D eigenvalue weighted by atomic mass is 9.75. The van der Waals surface area contributed by atoms with Crippen molar-refractivity contribution in [1.29, 1.82) is 0 Å². The summed E-state index contributed by atoms with van der Waals surface area (Å²) < 4.78 is 0. The zero-order chi connectivity index (χ0) is 31.9. The molecule has 0 saturated carbocycles. The maximum Gasteiger partial charge on any atom is 0.0520 e. The van der Waals surface area contributed by atoms with Gasteiger partial charge in [0.05, 0.1) is 34.6 Å². The molecule has 46 heavy (non-hydrogen) atoms. The molecule has 2 atom stereocenters. The van der Waals surface area contributed by atoms with Crippen molar-refractivity contribution in [3.63, 3.8) is 0 Å². The summed E-state index contributed by atoms with van der Waals surface area (Å²) in [5.41, 5.74) is 9.99. The fourth-order valence-electron chi connectivity index (χ4n) is 6.60. The minimum Gasteiger partial charge on any atom is -0.261 e. The fraction of sp³-hybridized carbons (Fsp3) is 0.250. The molecule has 6 heterocycles. The van der Waals surface area contributed by atoms with Crippen molar-refractivity contribution in [3.8, 4) is 0 Å². The van der Waals surface area contributed by atoms with Gasteiger partial charge in [-0.15, -0.1) is 0 Å². The molecule has 6 heteroatoms. The van der Waals surface area contributed by atoms with Gasteiger partial charge in [0, 0.05) is 58.4 Å². The van der Waals surface area contributed by atoms with Crippen LogP contribution in [0.4, 0.5) is 0 Å². The van der Waals surface area contributed by atoms with Gasteiger partial charge in [0.25, 0.3) is 0 Å². The van der Waals surface area contributed by atoms with E-state index in [1.54, 1.807) is 0 Å². The summed E-state index contributed by atoms with van der Waals surface area (Å²) in [6.45, 7) is 8.19. The molecule has 0 radical (unpaired) electrons. The summed E-state index contributed by atoms with van der Waals surface area (Å²) in [4.78, 5) is 30.1. The first-order chi connectivity index (χ1) is 22.5. The number of aryl methyl sites for hydroxylation is 4. The van der Waals surface area contributed by atoms with Gasteiger partial charge < -0.3 is 0 Å². The summed E-state index contributed by atoms with van der Waals surface area (Å²) >= 11 is 0. The maximum absolute atomic E-state index is 5.06. The first kappa shape index (κ1) is 30.9. The quantitative estimate of drug-likeness (QED) is 0.147. The minimum absolute atomic E-state index is 0.00704. The highest BCUT2D eigenvalue weighted by Gasteiger charge is 2.35. The van der Waals surface area contributed by atoms with Crippen LogP contribution >= 0.6 is 0 Å². The first-order valence-corrected chi connectivity index (χ1v) is 16.0. The van der Waals surface area contributed by atoms with Crippen LogP contribution in [-0.4, -0.2) is 29.9 Å². The third kappa shape index (κ3) is 7.23. The lowest BCUT2D eigenvalue weighted by Gasteiger charge is -2.31. The SMILES string of the molecule is Cc1cccc(C(c2cccc(C)n2)C(CCC(c2ccccn2)C(c2cccc(C)n2)c2cccc(C)n2)c2ccccn2)n1. The average molecular weight is 605 g/mol. The standard InChI is InChI=1S/C40H40N6/c1-27-13-9-19-35(43-27)39(36-20-10-14-28(2)44-36)31(33-17-5-7-25-41-33)23-24-32(34-18-6-8-26-42-34)40(37-21-11-15-29(3)45-37)38-22-12-16-30(4)46-38/h5-22,25-26,31-32,39-40H,23-24H2,1-4H3. The van der Waals surface area contributed by atoms with Gasteiger partial charge >= 0.3 is 0 Å². The molecule has 0 bridgehead atoms. The molecule has 6 aromatic rings. The van der Waals surface area contributed by atoms with E-state index >= 15 is 0 Å². The molecule has 0 aliphatic rings. The van der Waals surface area contributed by atoms with Crippen molar-refractivity contribution in [2.75, 3.05) is 0 Å². The van der Waals surface area contributed by atoms with E-state index in [0.717, 1.165) is 69.8 Å². The van der Waals surface area contributed by atoms with Crippen LogP contribution in [0.5, 0.6) is 0 Å². The molecule has 0 amide bonds. The normalized spacial score (nSPS) is 12.7. The van der Waals surface area contributed by atoms with Crippen molar-refractivity contribution in [2.24, 2.45) is 0 Å². The zero-order valence-electron chi connectivity index (χ0n) is 27.0. The molecule has 0 spiro atoms. The summed E-state index contributed by atoms with van der Waals surface area (Å²) in [6, 6.07) is 37.5. The molecule has 6 rings (SSSR count). The molecule has 6 nitrogen and oxygen atoms in total. The third-order valence-electron chi connectivity index (χ3n) is 8.64. The van der Waals surface area contributed by atoms with Crippen LogP contribution in [0, 0.1) is 27.7 Å². The van der Waals surface area contributed by atoms with Crippen LogP contribution in [0.3, 0.4) is 0 Å². The summed E-state index contributed by atoms with van der Waals surface area (Å²) in [7, 11) is 0. The van der Waals surface area contributed by atoms with Gasteiger partial charge in [-0.3, -0.25) is 29.9 Å². The molecule has 230 valence electrons. The molecular weight excluding hydrogens is 564 g/mol. The van der Waals surface area contributed by atoms with Crippen molar-refractivity contribution in [1.82, 2.24) is 29.9 Å². The maximum atomic E-state index is 5.06. The summed E-state index contributed by atoms with van der Waals surface area (Å²) in [5.74, 6) is -0.168. The van der Waals surface area contributed by atoms with Gasteiger partial charge in [0.15, 0.2) is 0 Å². The number of hydrogen-bond donors (Lipinski definition) is 0. The Morgan fingerprint density at radius 3 is 0.935 bits per heavy atom. The molecule has 0 fully saturated rings. The summed E-state index contributed by atoms with van der Waals surface area (Å²) in [6.07, 6.45) is 5.42. The van der Waals surface area contributed by atoms with Crippen molar-refractivity contribution < 1.29 is 0 Å². The van der Waals surface area contributed by atoms with Crippen molar-refractivity contribution in [2.45, 2.75) is 64.2 Å². The molecule has 0 aliphatic heterocycles. The van der Waals surface area contributed by atoms with Gasteiger partial charge in [-0.05, 0) is 113 Å². The first-order valence-electron chi connectivity index (χ1n) is 16.0. The van der Waals surface area contributed by atoms with Crippen molar-refractivity contribution in [3.05, 3.63) is 179 Å². The van der Waals surface area contributed by atoms with Crippen LogP contribution < -0.4 is 0 Å². The Balaban J connectivity index is 1.49. The highest BCUT2D eigenvalue weighted by Crippen LogP contribution is 2.45. The molecule has 0 N–H and O–H groups in total. The van der Waals surface area contributed by atoms with E-state index in [0.29, 0.717) is 0 Å². The molecule has 2 unspecified atom stereocenters. The predicted octanol–water partition coefficient (Wildman–Crippen LogP) is 8.60. The average Bonchev–Trinajstić information content (AvgIpc) is 3.07. The Bertz CT molecular complexity index is 1640. The van der Waals surface area contributed by atoms with Crippen molar-refractivity contribution >= 4 is 0 Å². The van der Waals surface area contributed by atoms with E-state index in [4.69, 9.17) is 29.9 Å². The zero-order valence-corrected chi connectivity index (χ0v) is 27.0. The molecule has 6 aromatic heterocycles. The fourth-order valence-corrected chi connectivity index (χ4v) is 6.60. The smallest absolute Gasteiger partial charge is 0.0520 e. The predicted molar refractivity (Wildman–Crippen MR) is 183 cm³/mol. The minimum atomic E-state index is -0.0910. The third-order valence-corrected chi connectivity index (χ3v) is 8.64. The lowest BCUT2D eigenvalue weighted by molar-refractivity contribution is 0.443. The second kappa shape index (κ2) is 14.3. The Labute approximate surface area is 272 Å². The number of hydrogen-bond acceptors (Lipinski definition) is 6. The Hall–Kier alpha value is -5.10. The molecule has 0 saturated heterocycles. The van der Waals surface area contributed by atoms with Gasteiger partial charge in [0.1, 0.15) is 0 Å². The largest absolute Gasteiger partial charge is 0.261 e. The van der Waals surface area contributed by atoms with E-state index in [1.807, 2.05) is 76.5 Å². The second-order valence-corrected chi connectivity index (χ2v) is 12.1. The highest BCUT2D eigenvalue weighted by molar-refractivity contribution is 5.34. The number of aromatic nitrogens is 6. The Morgan fingerprint density at radius 1 is 0.370 bits per heavy atom. The number of nitrogens with zero attached hydrogens (tertiary/aromatic N) is 6. The van der Waals surface area contributed by atoms with E-state index in [1.165, 1.54) is 0 Å². The second-order valence-electron chi connectivity index (χ2n) is 12.1. The van der Waals surface area contributed by atoms with Gasteiger partial charge in [0.2, 0.25) is 0 Å². The van der Waals surface area contributed by atoms with E-state index < -0.39 is 0 Å². The number of rotatable bonds is 11. The van der Waals surface area contributed by atoms with Gasteiger partial charge in [-0.25, -0.2) is 0 Å². The molecular formula is C40H40N6. The van der Waals surface area contributed by atoms with Crippen LogP contribution in [0.25, 0.3) is 0 Å². The van der Waals surface area contributed by atoms with Gasteiger partial charge in [-0.1, -0.05) is 36.4 Å². The Morgan fingerprint density at radius 2 is 0.674 bits per heavy atom. The molecule has 0 aliphatic carbocycles. The monoisotopic (exact) mass is 604 g/mol. The van der Waals surface area contributed by atoms with Crippen LogP contribution in [0.2, 0.25) is 0 Å². The summed E-state index contributed by atoms with van der Waals surface area (Å²) in [5, 5.41) is 0. The Kier molecular flexibility index (Phi) is 9.63. The highest BCUT2D eigenvalue weighted by atomic mass is 14.8. The van der Waals surface area contributed by atoms with E-state index in [-0.39, 0.29) is 23.7 Å². The lowest BCUT2D eigenvalue weighted by Crippen LogP contribution is -2.21. The van der Waals surface area contributed by atoms with Gasteiger partial charge in [-0.2, -0.15) is 0 Å². The topological polar surface area (TPSA) is 77.3 Å². The number of pyridine rings is 6. The van der Waals surface area contributed by atoms with E-state index in [9.17, 15) is 0 Å². The molecule has 0 aromatic carbocycles. The van der Waals surface area contributed by atoms with Crippen LogP contribution in [-0.2, 0) is 0 Å². The van der Waals surface area contributed by atoms with E-state index in [2.05, 4.69) is 72.8 Å². The van der Waals surface area contributed by atoms with Crippen LogP contribution in [0.15, 0.2) is 122 Å².